The zero-order valence-corrected chi connectivity index (χ0v) is 10.3. The number of hydrogen-bond donors (Lipinski definition) is 1. The third kappa shape index (κ3) is 2.97. The molecule has 0 aliphatic heterocycles. The lowest BCUT2D eigenvalue weighted by Crippen LogP contribution is -2.47. The molecule has 1 rings (SSSR count). The van der Waals surface area contributed by atoms with Crippen molar-refractivity contribution in [2.45, 2.75) is 46.1 Å². The minimum atomic E-state index is -0.930. The molecular weight excluding hydrogens is 206 g/mol. The van der Waals surface area contributed by atoms with Crippen LogP contribution in [0.4, 0.5) is 0 Å². The first-order valence-corrected chi connectivity index (χ1v) is 5.98. The summed E-state index contributed by atoms with van der Waals surface area (Å²) in [5.41, 5.74) is 0. The largest absolute Gasteiger partial charge is 0.480 e. The summed E-state index contributed by atoms with van der Waals surface area (Å²) in [6, 6.07) is 0.0134. The Hall–Kier alpha value is -1.06. The maximum atomic E-state index is 12.1. The van der Waals surface area contributed by atoms with E-state index in [9.17, 15) is 9.59 Å². The van der Waals surface area contributed by atoms with Gasteiger partial charge in [0.1, 0.15) is 6.54 Å². The van der Waals surface area contributed by atoms with E-state index < -0.39 is 5.97 Å². The summed E-state index contributed by atoms with van der Waals surface area (Å²) in [5, 5.41) is 8.81. The molecule has 1 aliphatic rings. The minimum Gasteiger partial charge on any atom is -0.480 e. The lowest BCUT2D eigenvalue weighted by molar-refractivity contribution is -0.150. The Labute approximate surface area is 96.6 Å². The van der Waals surface area contributed by atoms with Crippen LogP contribution in [0.3, 0.4) is 0 Å². The van der Waals surface area contributed by atoms with Crippen molar-refractivity contribution in [3.05, 3.63) is 0 Å². The van der Waals surface area contributed by atoms with Crippen LogP contribution in [-0.4, -0.2) is 34.5 Å². The standard InChI is InChI=1S/C12H21NO3/c1-4-9(3)13(7-11(14)15)12(16)10-5-8(2)6-10/h8-10H,4-7H2,1-3H3,(H,14,15). The van der Waals surface area contributed by atoms with Gasteiger partial charge in [0.25, 0.3) is 0 Å². The van der Waals surface area contributed by atoms with Gasteiger partial charge in [-0.1, -0.05) is 13.8 Å². The van der Waals surface area contributed by atoms with Gasteiger partial charge in [-0.05, 0) is 32.1 Å². The Morgan fingerprint density at radius 2 is 2.00 bits per heavy atom. The van der Waals surface area contributed by atoms with Crippen molar-refractivity contribution >= 4 is 11.9 Å². The Morgan fingerprint density at radius 1 is 1.44 bits per heavy atom. The Balaban J connectivity index is 2.60. The number of carboxylic acid groups (broad SMARTS) is 1. The van der Waals surface area contributed by atoms with Crippen molar-refractivity contribution in [3.8, 4) is 0 Å². The van der Waals surface area contributed by atoms with Gasteiger partial charge in [0, 0.05) is 12.0 Å². The molecule has 4 nitrogen and oxygen atoms in total. The second-order valence-electron chi connectivity index (χ2n) is 4.89. The van der Waals surface area contributed by atoms with E-state index in [0.29, 0.717) is 5.92 Å². The normalized spacial score (nSPS) is 25.7. The first-order chi connectivity index (χ1) is 7.45. The van der Waals surface area contributed by atoms with E-state index in [2.05, 4.69) is 6.92 Å². The van der Waals surface area contributed by atoms with E-state index >= 15 is 0 Å². The highest BCUT2D eigenvalue weighted by Crippen LogP contribution is 2.34. The number of carbonyl (C=O) groups excluding carboxylic acids is 1. The average molecular weight is 227 g/mol. The fourth-order valence-electron chi connectivity index (χ4n) is 2.16. The third-order valence-electron chi connectivity index (χ3n) is 3.43. The summed E-state index contributed by atoms with van der Waals surface area (Å²) in [7, 11) is 0. The summed E-state index contributed by atoms with van der Waals surface area (Å²) in [4.78, 5) is 24.3. The Bertz CT molecular complexity index is 271. The van der Waals surface area contributed by atoms with E-state index in [1.807, 2.05) is 13.8 Å². The molecule has 0 bridgehead atoms. The van der Waals surface area contributed by atoms with E-state index in [4.69, 9.17) is 5.11 Å². The Morgan fingerprint density at radius 3 is 2.38 bits per heavy atom. The third-order valence-corrected chi connectivity index (χ3v) is 3.43. The van der Waals surface area contributed by atoms with E-state index in [1.54, 1.807) is 0 Å². The van der Waals surface area contributed by atoms with Crippen LogP contribution in [0.5, 0.6) is 0 Å². The van der Waals surface area contributed by atoms with Crippen LogP contribution in [0.15, 0.2) is 0 Å². The van der Waals surface area contributed by atoms with Crippen LogP contribution in [-0.2, 0) is 9.59 Å². The molecule has 0 aromatic heterocycles. The van der Waals surface area contributed by atoms with Crippen LogP contribution in [0.1, 0.15) is 40.0 Å². The van der Waals surface area contributed by atoms with Crippen molar-refractivity contribution < 1.29 is 14.7 Å². The van der Waals surface area contributed by atoms with Crippen molar-refractivity contribution in [1.82, 2.24) is 4.90 Å². The predicted molar refractivity (Wildman–Crippen MR) is 61.0 cm³/mol. The molecule has 1 saturated carbocycles. The van der Waals surface area contributed by atoms with Crippen molar-refractivity contribution in [2.24, 2.45) is 11.8 Å². The molecule has 1 unspecified atom stereocenters. The molecule has 4 heteroatoms. The van der Waals surface area contributed by atoms with Crippen LogP contribution < -0.4 is 0 Å². The molecule has 0 aromatic carbocycles. The zero-order chi connectivity index (χ0) is 12.3. The number of amides is 1. The second-order valence-corrected chi connectivity index (χ2v) is 4.89. The molecule has 0 radical (unpaired) electrons. The van der Waals surface area contributed by atoms with Gasteiger partial charge >= 0.3 is 5.97 Å². The first-order valence-electron chi connectivity index (χ1n) is 5.98. The SMILES string of the molecule is CCC(C)N(CC(=O)O)C(=O)C1CC(C)C1. The highest BCUT2D eigenvalue weighted by atomic mass is 16.4. The lowest BCUT2D eigenvalue weighted by Gasteiger charge is -2.37. The summed E-state index contributed by atoms with van der Waals surface area (Å²) in [6.45, 7) is 5.83. The molecule has 1 atom stereocenters. The van der Waals surface area contributed by atoms with Crippen LogP contribution in [0.2, 0.25) is 0 Å². The predicted octanol–water partition coefficient (Wildman–Crippen LogP) is 1.74. The molecule has 0 spiro atoms. The molecule has 1 aliphatic carbocycles. The smallest absolute Gasteiger partial charge is 0.323 e. The maximum absolute atomic E-state index is 12.1. The van der Waals surface area contributed by atoms with Gasteiger partial charge in [-0.3, -0.25) is 9.59 Å². The topological polar surface area (TPSA) is 57.6 Å². The number of nitrogens with zero attached hydrogens (tertiary/aromatic N) is 1. The van der Waals surface area contributed by atoms with Gasteiger partial charge in [0.15, 0.2) is 0 Å². The molecule has 92 valence electrons. The molecule has 1 amide bonds. The van der Waals surface area contributed by atoms with Crippen molar-refractivity contribution in [3.63, 3.8) is 0 Å². The number of carboxylic acids is 1. The molecule has 0 saturated heterocycles. The lowest BCUT2D eigenvalue weighted by atomic mass is 9.75. The highest BCUT2D eigenvalue weighted by molar-refractivity contribution is 5.84. The first kappa shape index (κ1) is 13.0. The fraction of sp³-hybridized carbons (Fsp3) is 0.833. The van der Waals surface area contributed by atoms with Gasteiger partial charge in [-0.15, -0.1) is 0 Å². The summed E-state index contributed by atoms with van der Waals surface area (Å²) < 4.78 is 0. The van der Waals surface area contributed by atoms with Crippen LogP contribution >= 0.6 is 0 Å². The minimum absolute atomic E-state index is 0.0134. The molecule has 0 heterocycles. The average Bonchev–Trinajstić information content (AvgIpc) is 2.19. The van der Waals surface area contributed by atoms with Crippen molar-refractivity contribution in [1.29, 1.82) is 0 Å². The number of carbonyl (C=O) groups is 2. The number of hydrogen-bond acceptors (Lipinski definition) is 2. The molecule has 1 N–H and O–H groups in total. The molecule has 16 heavy (non-hydrogen) atoms. The number of rotatable bonds is 5. The summed E-state index contributed by atoms with van der Waals surface area (Å²) in [5.74, 6) is -0.239. The zero-order valence-electron chi connectivity index (χ0n) is 10.3. The monoisotopic (exact) mass is 227 g/mol. The van der Waals surface area contributed by atoms with E-state index in [-0.39, 0.29) is 24.4 Å². The number of aliphatic carboxylic acids is 1. The van der Waals surface area contributed by atoms with E-state index in [0.717, 1.165) is 19.3 Å². The highest BCUT2D eigenvalue weighted by Gasteiger charge is 2.36. The summed E-state index contributed by atoms with van der Waals surface area (Å²) >= 11 is 0. The quantitative estimate of drug-likeness (QED) is 0.778. The molecule has 1 fully saturated rings. The van der Waals surface area contributed by atoms with Gasteiger partial charge < -0.3 is 10.0 Å². The van der Waals surface area contributed by atoms with Crippen LogP contribution in [0.25, 0.3) is 0 Å². The maximum Gasteiger partial charge on any atom is 0.323 e. The van der Waals surface area contributed by atoms with Crippen LogP contribution in [0, 0.1) is 11.8 Å². The molecular formula is C12H21NO3. The van der Waals surface area contributed by atoms with Gasteiger partial charge in [0.2, 0.25) is 5.91 Å². The van der Waals surface area contributed by atoms with Crippen molar-refractivity contribution in [2.75, 3.05) is 6.54 Å². The Kier molecular flexibility index (Phi) is 4.33. The fourth-order valence-corrected chi connectivity index (χ4v) is 2.16. The van der Waals surface area contributed by atoms with Gasteiger partial charge in [-0.2, -0.15) is 0 Å². The van der Waals surface area contributed by atoms with E-state index in [1.165, 1.54) is 4.90 Å². The van der Waals surface area contributed by atoms with Gasteiger partial charge in [-0.25, -0.2) is 0 Å². The second kappa shape index (κ2) is 5.32. The molecule has 0 aromatic rings. The van der Waals surface area contributed by atoms with Gasteiger partial charge in [0.05, 0.1) is 0 Å². The summed E-state index contributed by atoms with van der Waals surface area (Å²) in [6.07, 6.45) is 2.61.